The summed E-state index contributed by atoms with van der Waals surface area (Å²) in [6.45, 7) is 4.43. The van der Waals surface area contributed by atoms with Crippen LogP contribution < -0.4 is 0 Å². The van der Waals surface area contributed by atoms with Gasteiger partial charge in [-0.3, -0.25) is 0 Å². The van der Waals surface area contributed by atoms with Crippen LogP contribution in [0.5, 0.6) is 0 Å². The maximum absolute atomic E-state index is 9.96. The van der Waals surface area contributed by atoms with Crippen LogP contribution in [0.2, 0.25) is 0 Å². The molecule has 3 nitrogen and oxygen atoms in total. The molecule has 1 aromatic rings. The van der Waals surface area contributed by atoms with Crippen LogP contribution in [-0.4, -0.2) is 29.1 Å². The van der Waals surface area contributed by atoms with E-state index in [4.69, 9.17) is 4.42 Å². The average molecular weight is 209 g/mol. The van der Waals surface area contributed by atoms with Crippen LogP contribution in [0.25, 0.3) is 0 Å². The summed E-state index contributed by atoms with van der Waals surface area (Å²) in [7, 11) is 0. The number of hydrogen-bond donors (Lipinski definition) is 1. The zero-order valence-electron chi connectivity index (χ0n) is 9.22. The van der Waals surface area contributed by atoms with Crippen molar-refractivity contribution in [1.82, 2.24) is 4.90 Å². The molecule has 0 spiro atoms. The lowest BCUT2D eigenvalue weighted by molar-refractivity contribution is 0.103. The Kier molecular flexibility index (Phi) is 3.44. The highest BCUT2D eigenvalue weighted by atomic mass is 16.4. The SMILES string of the molecule is CCN1CCCC1CC(O)c1ccco1. The summed E-state index contributed by atoms with van der Waals surface area (Å²) in [6, 6.07) is 4.19. The van der Waals surface area contributed by atoms with Crippen molar-refractivity contribution in [1.29, 1.82) is 0 Å². The molecule has 0 aromatic carbocycles. The van der Waals surface area contributed by atoms with Gasteiger partial charge in [-0.15, -0.1) is 0 Å². The average Bonchev–Trinajstić information content (AvgIpc) is 2.87. The first-order valence-corrected chi connectivity index (χ1v) is 5.76. The van der Waals surface area contributed by atoms with Gasteiger partial charge >= 0.3 is 0 Å². The summed E-state index contributed by atoms with van der Waals surface area (Å²) in [5.74, 6) is 0.693. The smallest absolute Gasteiger partial charge is 0.132 e. The Hall–Kier alpha value is -0.800. The van der Waals surface area contributed by atoms with E-state index in [1.165, 1.54) is 19.4 Å². The fourth-order valence-electron chi connectivity index (χ4n) is 2.43. The fraction of sp³-hybridized carbons (Fsp3) is 0.667. The Morgan fingerprint density at radius 2 is 2.53 bits per heavy atom. The first kappa shape index (κ1) is 10.7. The predicted octanol–water partition coefficient (Wildman–Crippen LogP) is 2.19. The third-order valence-electron chi connectivity index (χ3n) is 3.27. The molecule has 1 aromatic heterocycles. The largest absolute Gasteiger partial charge is 0.467 e. The summed E-state index contributed by atoms with van der Waals surface area (Å²) in [4.78, 5) is 2.44. The summed E-state index contributed by atoms with van der Waals surface area (Å²) >= 11 is 0. The van der Waals surface area contributed by atoms with E-state index in [1.807, 2.05) is 12.1 Å². The molecule has 2 unspecified atom stereocenters. The van der Waals surface area contributed by atoms with Gasteiger partial charge in [-0.2, -0.15) is 0 Å². The molecular formula is C12H19NO2. The first-order valence-electron chi connectivity index (χ1n) is 5.76. The molecule has 2 heterocycles. The maximum atomic E-state index is 9.96. The van der Waals surface area contributed by atoms with Gasteiger partial charge in [-0.1, -0.05) is 6.92 Å². The molecule has 0 radical (unpaired) electrons. The zero-order chi connectivity index (χ0) is 10.7. The third kappa shape index (κ3) is 2.41. The zero-order valence-corrected chi connectivity index (χ0v) is 9.22. The Labute approximate surface area is 90.7 Å². The molecule has 1 aliphatic rings. The van der Waals surface area contributed by atoms with Crippen LogP contribution >= 0.6 is 0 Å². The maximum Gasteiger partial charge on any atom is 0.132 e. The number of hydrogen-bond acceptors (Lipinski definition) is 3. The van der Waals surface area contributed by atoms with Crippen molar-refractivity contribution >= 4 is 0 Å². The van der Waals surface area contributed by atoms with Crippen LogP contribution in [0.4, 0.5) is 0 Å². The number of furan rings is 1. The predicted molar refractivity (Wildman–Crippen MR) is 58.6 cm³/mol. The van der Waals surface area contributed by atoms with E-state index in [0.29, 0.717) is 11.8 Å². The second-order valence-corrected chi connectivity index (χ2v) is 4.19. The summed E-state index contributed by atoms with van der Waals surface area (Å²) in [5, 5.41) is 9.96. The number of aliphatic hydroxyl groups excluding tert-OH is 1. The molecular weight excluding hydrogens is 190 g/mol. The highest BCUT2D eigenvalue weighted by Crippen LogP contribution is 2.27. The minimum absolute atomic E-state index is 0.447. The summed E-state index contributed by atoms with van der Waals surface area (Å²) in [5.41, 5.74) is 0. The lowest BCUT2D eigenvalue weighted by atomic mass is 10.1. The Bertz CT molecular complexity index is 284. The normalized spacial score (nSPS) is 24.5. The van der Waals surface area contributed by atoms with Gasteiger partial charge < -0.3 is 14.4 Å². The van der Waals surface area contributed by atoms with Gasteiger partial charge in [0, 0.05) is 6.04 Å². The Morgan fingerprint density at radius 1 is 1.67 bits per heavy atom. The van der Waals surface area contributed by atoms with Crippen molar-refractivity contribution < 1.29 is 9.52 Å². The van der Waals surface area contributed by atoms with Crippen molar-refractivity contribution in [3.05, 3.63) is 24.2 Å². The van der Waals surface area contributed by atoms with Gasteiger partial charge in [0.1, 0.15) is 11.9 Å². The van der Waals surface area contributed by atoms with Crippen molar-refractivity contribution in [2.45, 2.75) is 38.3 Å². The molecule has 2 rings (SSSR count). The first-order chi connectivity index (χ1) is 7.31. The molecule has 84 valence electrons. The molecule has 0 bridgehead atoms. The lowest BCUT2D eigenvalue weighted by Crippen LogP contribution is -2.30. The van der Waals surface area contributed by atoms with E-state index < -0.39 is 6.10 Å². The molecule has 2 atom stereocenters. The number of aliphatic hydroxyl groups is 1. The molecule has 1 N–H and O–H groups in total. The number of nitrogens with zero attached hydrogens (tertiary/aromatic N) is 1. The minimum atomic E-state index is -0.447. The van der Waals surface area contributed by atoms with Crippen molar-refractivity contribution in [2.75, 3.05) is 13.1 Å². The number of likely N-dealkylation sites (tertiary alicyclic amines) is 1. The topological polar surface area (TPSA) is 36.6 Å². The monoisotopic (exact) mass is 209 g/mol. The van der Waals surface area contributed by atoms with E-state index in [2.05, 4.69) is 11.8 Å². The van der Waals surface area contributed by atoms with Crippen molar-refractivity contribution in [3.63, 3.8) is 0 Å². The molecule has 0 saturated carbocycles. The van der Waals surface area contributed by atoms with Crippen LogP contribution in [-0.2, 0) is 0 Å². The molecule has 0 aliphatic carbocycles. The highest BCUT2D eigenvalue weighted by Gasteiger charge is 2.26. The summed E-state index contributed by atoms with van der Waals surface area (Å²) in [6.07, 6.45) is 4.42. The molecule has 1 saturated heterocycles. The van der Waals surface area contributed by atoms with Crippen molar-refractivity contribution in [3.8, 4) is 0 Å². The number of rotatable bonds is 4. The molecule has 1 fully saturated rings. The van der Waals surface area contributed by atoms with Gasteiger partial charge in [0.05, 0.1) is 6.26 Å². The fourth-order valence-corrected chi connectivity index (χ4v) is 2.43. The van der Waals surface area contributed by atoms with Crippen LogP contribution in [0, 0.1) is 0 Å². The lowest BCUT2D eigenvalue weighted by Gasteiger charge is -2.24. The Balaban J connectivity index is 1.91. The molecule has 1 aliphatic heterocycles. The van der Waals surface area contributed by atoms with Gasteiger partial charge in [0.25, 0.3) is 0 Å². The minimum Gasteiger partial charge on any atom is -0.467 e. The standard InChI is InChI=1S/C12H19NO2/c1-2-13-7-3-5-10(13)9-11(14)12-6-4-8-15-12/h4,6,8,10-11,14H,2-3,5,7,9H2,1H3. The second-order valence-electron chi connectivity index (χ2n) is 4.19. The van der Waals surface area contributed by atoms with E-state index in [0.717, 1.165) is 13.0 Å². The van der Waals surface area contributed by atoms with Gasteiger partial charge in [0.15, 0.2) is 0 Å². The molecule has 3 heteroatoms. The second kappa shape index (κ2) is 4.81. The highest BCUT2D eigenvalue weighted by molar-refractivity contribution is 5.02. The van der Waals surface area contributed by atoms with Crippen molar-refractivity contribution in [2.24, 2.45) is 0 Å². The third-order valence-corrected chi connectivity index (χ3v) is 3.27. The van der Waals surface area contributed by atoms with Crippen LogP contribution in [0.1, 0.15) is 38.1 Å². The van der Waals surface area contributed by atoms with E-state index >= 15 is 0 Å². The van der Waals surface area contributed by atoms with E-state index in [-0.39, 0.29) is 0 Å². The van der Waals surface area contributed by atoms with Crippen LogP contribution in [0.3, 0.4) is 0 Å². The Morgan fingerprint density at radius 3 is 3.20 bits per heavy atom. The van der Waals surface area contributed by atoms with E-state index in [9.17, 15) is 5.11 Å². The summed E-state index contributed by atoms with van der Waals surface area (Å²) < 4.78 is 5.21. The van der Waals surface area contributed by atoms with Crippen LogP contribution in [0.15, 0.2) is 22.8 Å². The molecule has 0 amide bonds. The van der Waals surface area contributed by atoms with Gasteiger partial charge in [0.2, 0.25) is 0 Å². The quantitative estimate of drug-likeness (QED) is 0.825. The van der Waals surface area contributed by atoms with Gasteiger partial charge in [-0.25, -0.2) is 0 Å². The molecule has 15 heavy (non-hydrogen) atoms. The van der Waals surface area contributed by atoms with E-state index in [1.54, 1.807) is 6.26 Å². The van der Waals surface area contributed by atoms with Gasteiger partial charge in [-0.05, 0) is 44.5 Å².